The second-order valence-corrected chi connectivity index (χ2v) is 10.0. The normalized spacial score (nSPS) is 22.1. The van der Waals surface area contributed by atoms with Crippen LogP contribution in [0.4, 0.5) is 4.79 Å². The summed E-state index contributed by atoms with van der Waals surface area (Å²) in [4.78, 5) is 38.7. The highest BCUT2D eigenvalue weighted by molar-refractivity contribution is 5.82. The van der Waals surface area contributed by atoms with Gasteiger partial charge in [-0.15, -0.1) is 0 Å². The fourth-order valence-electron chi connectivity index (χ4n) is 5.29. The zero-order chi connectivity index (χ0) is 23.9. The summed E-state index contributed by atoms with van der Waals surface area (Å²) in [6.45, 7) is 2.55. The molecule has 5 rings (SSSR count). The minimum Gasteiger partial charge on any atom is -0.481 e. The lowest BCUT2D eigenvalue weighted by molar-refractivity contribution is -0.147. The van der Waals surface area contributed by atoms with Gasteiger partial charge in [0.1, 0.15) is 6.61 Å². The number of carboxylic acid groups (broad SMARTS) is 1. The quantitative estimate of drug-likeness (QED) is 0.648. The van der Waals surface area contributed by atoms with Crippen molar-refractivity contribution in [3.05, 3.63) is 59.7 Å². The number of alkyl carbamates (subject to hydrolysis) is 1. The number of amides is 2. The van der Waals surface area contributed by atoms with E-state index in [-0.39, 0.29) is 43.4 Å². The number of hydrogen-bond donors (Lipinski definition) is 2. The third-order valence-electron chi connectivity index (χ3n) is 7.57. The molecule has 2 fully saturated rings. The Labute approximate surface area is 199 Å². The first-order valence-corrected chi connectivity index (χ1v) is 12.0. The molecule has 2 N–H and O–H groups in total. The van der Waals surface area contributed by atoms with Crippen LogP contribution in [0.1, 0.15) is 49.7 Å². The summed E-state index contributed by atoms with van der Waals surface area (Å²) in [5, 5.41) is 12.4. The lowest BCUT2D eigenvalue weighted by Gasteiger charge is -2.24. The number of likely N-dealkylation sites (tertiary alicyclic amines) is 1. The highest BCUT2D eigenvalue weighted by Crippen LogP contribution is 2.44. The van der Waals surface area contributed by atoms with Gasteiger partial charge in [0.25, 0.3) is 0 Å². The number of carboxylic acids is 1. The molecule has 0 aromatic heterocycles. The van der Waals surface area contributed by atoms with Crippen molar-refractivity contribution in [1.29, 1.82) is 0 Å². The first kappa shape index (κ1) is 22.4. The number of nitrogens with one attached hydrogen (secondary N) is 1. The second kappa shape index (κ2) is 8.78. The molecule has 2 amide bonds. The third-order valence-corrected chi connectivity index (χ3v) is 7.57. The smallest absolute Gasteiger partial charge is 0.407 e. The SMILES string of the molecule is CC1(C(=O)O)CCN(C(=O)CC(NC(=O)OCC2c3ccccc3-c3ccccc32)C2CC2)C1. The molecule has 0 bridgehead atoms. The molecule has 2 aromatic rings. The molecule has 0 radical (unpaired) electrons. The number of ether oxygens (including phenoxy) is 1. The van der Waals surface area contributed by atoms with Gasteiger partial charge in [0.05, 0.1) is 5.41 Å². The van der Waals surface area contributed by atoms with Crippen LogP contribution in [-0.2, 0) is 14.3 Å². The Morgan fingerprint density at radius 3 is 2.26 bits per heavy atom. The lowest BCUT2D eigenvalue weighted by Crippen LogP contribution is -2.42. The molecule has 1 saturated heterocycles. The summed E-state index contributed by atoms with van der Waals surface area (Å²) < 4.78 is 5.67. The minimum atomic E-state index is -0.898. The zero-order valence-electron chi connectivity index (χ0n) is 19.3. The van der Waals surface area contributed by atoms with Crippen molar-refractivity contribution in [2.75, 3.05) is 19.7 Å². The summed E-state index contributed by atoms with van der Waals surface area (Å²) in [6, 6.07) is 16.1. The predicted molar refractivity (Wildman–Crippen MR) is 126 cm³/mol. The lowest BCUT2D eigenvalue weighted by atomic mass is 9.90. The number of hydrogen-bond acceptors (Lipinski definition) is 4. The van der Waals surface area contributed by atoms with Crippen LogP contribution in [0.25, 0.3) is 11.1 Å². The first-order chi connectivity index (χ1) is 16.4. The summed E-state index contributed by atoms with van der Waals surface area (Å²) >= 11 is 0. The van der Waals surface area contributed by atoms with E-state index in [0.717, 1.165) is 24.0 Å². The molecule has 2 atom stereocenters. The van der Waals surface area contributed by atoms with Gasteiger partial charge in [-0.3, -0.25) is 9.59 Å². The van der Waals surface area contributed by atoms with Crippen molar-refractivity contribution < 1.29 is 24.2 Å². The number of fused-ring (bicyclic) bond motifs is 3. The Bertz CT molecular complexity index is 1080. The maximum absolute atomic E-state index is 12.9. The van der Waals surface area contributed by atoms with Crippen molar-refractivity contribution in [2.45, 2.75) is 44.6 Å². The molecule has 0 spiro atoms. The van der Waals surface area contributed by atoms with E-state index < -0.39 is 17.5 Å². The van der Waals surface area contributed by atoms with Gasteiger partial charge in [-0.1, -0.05) is 48.5 Å². The van der Waals surface area contributed by atoms with E-state index in [9.17, 15) is 19.5 Å². The van der Waals surface area contributed by atoms with E-state index in [1.165, 1.54) is 11.1 Å². The molecule has 7 heteroatoms. The molecular weight excluding hydrogens is 432 g/mol. The van der Waals surface area contributed by atoms with Crippen LogP contribution in [0, 0.1) is 11.3 Å². The number of carbonyl (C=O) groups is 3. The Morgan fingerprint density at radius 1 is 1.09 bits per heavy atom. The van der Waals surface area contributed by atoms with Gasteiger partial charge in [-0.25, -0.2) is 4.79 Å². The molecule has 178 valence electrons. The van der Waals surface area contributed by atoms with Gasteiger partial charge in [-0.05, 0) is 54.4 Å². The molecule has 2 unspecified atom stereocenters. The van der Waals surface area contributed by atoms with E-state index in [2.05, 4.69) is 29.6 Å². The van der Waals surface area contributed by atoms with Gasteiger partial charge in [0.15, 0.2) is 0 Å². The van der Waals surface area contributed by atoms with Gasteiger partial charge >= 0.3 is 12.1 Å². The molecule has 2 aromatic carbocycles. The fourth-order valence-corrected chi connectivity index (χ4v) is 5.29. The van der Waals surface area contributed by atoms with Crippen molar-refractivity contribution in [3.63, 3.8) is 0 Å². The average Bonchev–Trinajstić information content (AvgIpc) is 3.52. The van der Waals surface area contributed by atoms with Crippen LogP contribution in [0.5, 0.6) is 0 Å². The summed E-state index contributed by atoms with van der Waals surface area (Å²) in [6.07, 6.45) is 2.04. The van der Waals surface area contributed by atoms with Gasteiger partial charge in [0.2, 0.25) is 5.91 Å². The summed E-state index contributed by atoms with van der Waals surface area (Å²) in [7, 11) is 0. The summed E-state index contributed by atoms with van der Waals surface area (Å²) in [5.41, 5.74) is 3.76. The number of carbonyl (C=O) groups excluding carboxylic acids is 2. The molecule has 7 nitrogen and oxygen atoms in total. The molecule has 1 heterocycles. The molecule has 2 aliphatic carbocycles. The van der Waals surface area contributed by atoms with Crippen LogP contribution in [0.3, 0.4) is 0 Å². The summed E-state index contributed by atoms with van der Waals surface area (Å²) in [5.74, 6) is -0.741. The van der Waals surface area contributed by atoms with E-state index in [1.807, 2.05) is 24.3 Å². The molecule has 1 aliphatic heterocycles. The predicted octanol–water partition coefficient (Wildman–Crippen LogP) is 4.02. The van der Waals surface area contributed by atoms with Crippen molar-refractivity contribution >= 4 is 18.0 Å². The van der Waals surface area contributed by atoms with E-state index >= 15 is 0 Å². The zero-order valence-corrected chi connectivity index (χ0v) is 19.3. The third kappa shape index (κ3) is 4.27. The van der Waals surface area contributed by atoms with Gasteiger partial charge in [-0.2, -0.15) is 0 Å². The maximum Gasteiger partial charge on any atom is 0.407 e. The fraction of sp³-hybridized carbons (Fsp3) is 0.444. The standard InChI is InChI=1S/C27H30N2O5/c1-27(25(31)32)12-13-29(16-27)24(30)14-23(17-10-11-17)28-26(33)34-15-22-20-8-4-2-6-18(20)19-7-3-5-9-21(19)22/h2-9,17,22-23H,10-16H2,1H3,(H,28,33)(H,31,32). The number of aliphatic carboxylic acids is 1. The number of nitrogens with zero attached hydrogens (tertiary/aromatic N) is 1. The van der Waals surface area contributed by atoms with Gasteiger partial charge in [0, 0.05) is 31.5 Å². The molecular formula is C27H30N2O5. The van der Waals surface area contributed by atoms with Gasteiger partial charge < -0.3 is 20.1 Å². The molecule has 1 saturated carbocycles. The minimum absolute atomic E-state index is 0.0162. The van der Waals surface area contributed by atoms with Crippen LogP contribution in [0.15, 0.2) is 48.5 Å². The molecule has 3 aliphatic rings. The monoisotopic (exact) mass is 462 g/mol. The maximum atomic E-state index is 12.9. The van der Waals surface area contributed by atoms with Crippen LogP contribution >= 0.6 is 0 Å². The Balaban J connectivity index is 1.19. The van der Waals surface area contributed by atoms with Crippen molar-refractivity contribution in [2.24, 2.45) is 11.3 Å². The van der Waals surface area contributed by atoms with Crippen LogP contribution in [-0.4, -0.2) is 53.7 Å². The number of benzene rings is 2. The molecule has 34 heavy (non-hydrogen) atoms. The van der Waals surface area contributed by atoms with Crippen LogP contribution in [0.2, 0.25) is 0 Å². The number of rotatable bonds is 7. The van der Waals surface area contributed by atoms with E-state index in [1.54, 1.807) is 11.8 Å². The highest BCUT2D eigenvalue weighted by atomic mass is 16.5. The van der Waals surface area contributed by atoms with E-state index in [0.29, 0.717) is 13.0 Å². The first-order valence-electron chi connectivity index (χ1n) is 12.0. The Morgan fingerprint density at radius 2 is 1.71 bits per heavy atom. The topological polar surface area (TPSA) is 95.9 Å². The average molecular weight is 463 g/mol. The highest BCUT2D eigenvalue weighted by Gasteiger charge is 2.43. The van der Waals surface area contributed by atoms with Crippen molar-refractivity contribution in [3.8, 4) is 11.1 Å². The second-order valence-electron chi connectivity index (χ2n) is 10.0. The Kier molecular flexibility index (Phi) is 5.80. The Hall–Kier alpha value is -3.35. The van der Waals surface area contributed by atoms with E-state index in [4.69, 9.17) is 4.74 Å². The van der Waals surface area contributed by atoms with Crippen molar-refractivity contribution in [1.82, 2.24) is 10.2 Å². The van der Waals surface area contributed by atoms with Crippen LogP contribution < -0.4 is 5.32 Å². The largest absolute Gasteiger partial charge is 0.481 e.